The highest BCUT2D eigenvalue weighted by atomic mass is 35.5. The van der Waals surface area contributed by atoms with Crippen LogP contribution in [-0.4, -0.2) is 0 Å². The molecule has 0 unspecified atom stereocenters. The van der Waals surface area contributed by atoms with Gasteiger partial charge in [0.15, 0.2) is 0 Å². The standard InChI is InChI=1S/C11H11Cl/c12-11-6-2-5-10(8-11)7-9-3-1-4-9/h2,5-8H,1,3-4H2. The molecule has 0 saturated heterocycles. The van der Waals surface area contributed by atoms with Gasteiger partial charge in [-0.15, -0.1) is 0 Å². The predicted molar refractivity (Wildman–Crippen MR) is 53.3 cm³/mol. The predicted octanol–water partition coefficient (Wildman–Crippen LogP) is 3.91. The van der Waals surface area contributed by atoms with Crippen molar-refractivity contribution >= 4 is 17.7 Å². The fourth-order valence-electron chi connectivity index (χ4n) is 1.36. The molecule has 1 fully saturated rings. The van der Waals surface area contributed by atoms with Crippen molar-refractivity contribution in [1.29, 1.82) is 0 Å². The number of hydrogen-bond donors (Lipinski definition) is 0. The van der Waals surface area contributed by atoms with E-state index < -0.39 is 0 Å². The van der Waals surface area contributed by atoms with Crippen molar-refractivity contribution in [3.63, 3.8) is 0 Å². The van der Waals surface area contributed by atoms with E-state index in [4.69, 9.17) is 11.6 Å². The fraction of sp³-hybridized carbons (Fsp3) is 0.273. The molecule has 0 atom stereocenters. The van der Waals surface area contributed by atoms with Gasteiger partial charge < -0.3 is 0 Å². The Kier molecular flexibility index (Phi) is 2.18. The van der Waals surface area contributed by atoms with Crippen molar-refractivity contribution in [3.8, 4) is 0 Å². The maximum atomic E-state index is 5.86. The highest BCUT2D eigenvalue weighted by molar-refractivity contribution is 6.30. The normalized spacial score (nSPS) is 15.6. The molecule has 1 aliphatic carbocycles. The summed E-state index contributed by atoms with van der Waals surface area (Å²) in [6.07, 6.45) is 6.14. The summed E-state index contributed by atoms with van der Waals surface area (Å²) in [6, 6.07) is 8.00. The van der Waals surface area contributed by atoms with Crippen LogP contribution in [0.5, 0.6) is 0 Å². The monoisotopic (exact) mass is 178 g/mol. The van der Waals surface area contributed by atoms with Crippen LogP contribution in [0.25, 0.3) is 6.08 Å². The van der Waals surface area contributed by atoms with Gasteiger partial charge in [0, 0.05) is 5.02 Å². The Morgan fingerprint density at radius 1 is 1.25 bits per heavy atom. The van der Waals surface area contributed by atoms with Gasteiger partial charge in [0.25, 0.3) is 0 Å². The van der Waals surface area contributed by atoms with E-state index in [2.05, 4.69) is 12.1 Å². The minimum atomic E-state index is 0.823. The van der Waals surface area contributed by atoms with E-state index in [-0.39, 0.29) is 0 Å². The van der Waals surface area contributed by atoms with Gasteiger partial charge in [0.2, 0.25) is 0 Å². The second-order valence-corrected chi connectivity index (χ2v) is 3.65. The van der Waals surface area contributed by atoms with E-state index in [1.807, 2.05) is 18.2 Å². The smallest absolute Gasteiger partial charge is 0.0411 e. The number of rotatable bonds is 1. The Balaban J connectivity index is 2.22. The zero-order chi connectivity index (χ0) is 8.39. The van der Waals surface area contributed by atoms with Gasteiger partial charge in [0.05, 0.1) is 0 Å². The fourth-order valence-corrected chi connectivity index (χ4v) is 1.56. The maximum absolute atomic E-state index is 5.86. The molecule has 1 aromatic carbocycles. The van der Waals surface area contributed by atoms with Gasteiger partial charge in [-0.1, -0.05) is 35.4 Å². The highest BCUT2D eigenvalue weighted by Gasteiger charge is 2.07. The second-order valence-electron chi connectivity index (χ2n) is 3.21. The Bertz CT molecular complexity index is 307. The lowest BCUT2D eigenvalue weighted by atomic mass is 9.91. The summed E-state index contributed by atoms with van der Waals surface area (Å²) in [4.78, 5) is 0. The first-order chi connectivity index (χ1) is 5.84. The molecule has 2 rings (SSSR count). The molecule has 12 heavy (non-hydrogen) atoms. The molecule has 0 aromatic heterocycles. The van der Waals surface area contributed by atoms with E-state index >= 15 is 0 Å². The van der Waals surface area contributed by atoms with Crippen molar-refractivity contribution in [2.75, 3.05) is 0 Å². The molecule has 0 N–H and O–H groups in total. The molecular formula is C11H11Cl. The number of halogens is 1. The first kappa shape index (κ1) is 7.88. The van der Waals surface area contributed by atoms with E-state index in [0.717, 1.165) is 5.02 Å². The van der Waals surface area contributed by atoms with Crippen LogP contribution in [0.1, 0.15) is 24.8 Å². The third-order valence-electron chi connectivity index (χ3n) is 2.22. The van der Waals surface area contributed by atoms with Gasteiger partial charge in [-0.25, -0.2) is 0 Å². The number of hydrogen-bond acceptors (Lipinski definition) is 0. The molecule has 1 heteroatoms. The van der Waals surface area contributed by atoms with Gasteiger partial charge in [-0.3, -0.25) is 0 Å². The van der Waals surface area contributed by atoms with Crippen LogP contribution in [0.15, 0.2) is 29.8 Å². The Morgan fingerprint density at radius 3 is 2.67 bits per heavy atom. The average Bonchev–Trinajstić information content (AvgIpc) is 1.97. The topological polar surface area (TPSA) is 0 Å². The lowest BCUT2D eigenvalue weighted by molar-refractivity contribution is 0.670. The lowest BCUT2D eigenvalue weighted by Gasteiger charge is -2.15. The molecular weight excluding hydrogens is 168 g/mol. The molecule has 1 saturated carbocycles. The molecule has 0 nitrogen and oxygen atoms in total. The molecule has 0 radical (unpaired) electrons. The average molecular weight is 179 g/mol. The van der Waals surface area contributed by atoms with Crippen LogP contribution in [0.4, 0.5) is 0 Å². The lowest BCUT2D eigenvalue weighted by Crippen LogP contribution is -1.95. The van der Waals surface area contributed by atoms with Crippen LogP contribution in [-0.2, 0) is 0 Å². The first-order valence-electron chi connectivity index (χ1n) is 4.29. The van der Waals surface area contributed by atoms with Gasteiger partial charge in [0.1, 0.15) is 0 Å². The van der Waals surface area contributed by atoms with Crippen molar-refractivity contribution < 1.29 is 0 Å². The number of allylic oxidation sites excluding steroid dienone is 1. The summed E-state index contributed by atoms with van der Waals surface area (Å²) in [5, 5.41) is 0.823. The van der Waals surface area contributed by atoms with Crippen LogP contribution in [0.3, 0.4) is 0 Å². The second kappa shape index (κ2) is 3.32. The highest BCUT2D eigenvalue weighted by Crippen LogP contribution is 2.27. The molecule has 1 aromatic rings. The largest absolute Gasteiger partial charge is 0.0843 e. The Hall–Kier alpha value is -0.750. The van der Waals surface area contributed by atoms with E-state index in [1.165, 1.54) is 24.8 Å². The maximum Gasteiger partial charge on any atom is 0.0411 e. The SMILES string of the molecule is Clc1cccc(C=C2CCC2)c1. The third-order valence-corrected chi connectivity index (χ3v) is 2.45. The molecule has 0 spiro atoms. The summed E-state index contributed by atoms with van der Waals surface area (Å²) in [5.41, 5.74) is 2.79. The molecule has 0 bridgehead atoms. The third kappa shape index (κ3) is 1.70. The van der Waals surface area contributed by atoms with Gasteiger partial charge in [-0.2, -0.15) is 0 Å². The molecule has 1 aliphatic rings. The van der Waals surface area contributed by atoms with Crippen molar-refractivity contribution in [3.05, 3.63) is 40.4 Å². The van der Waals surface area contributed by atoms with Crippen molar-refractivity contribution in [2.45, 2.75) is 19.3 Å². The van der Waals surface area contributed by atoms with Crippen LogP contribution < -0.4 is 0 Å². The van der Waals surface area contributed by atoms with Crippen LogP contribution in [0, 0.1) is 0 Å². The number of benzene rings is 1. The summed E-state index contributed by atoms with van der Waals surface area (Å²) in [7, 11) is 0. The van der Waals surface area contributed by atoms with E-state index in [9.17, 15) is 0 Å². The Morgan fingerprint density at radius 2 is 2.08 bits per heavy atom. The van der Waals surface area contributed by atoms with Gasteiger partial charge in [-0.05, 0) is 37.0 Å². The zero-order valence-electron chi connectivity index (χ0n) is 6.89. The molecule has 0 heterocycles. The van der Waals surface area contributed by atoms with Gasteiger partial charge >= 0.3 is 0 Å². The summed E-state index contributed by atoms with van der Waals surface area (Å²) < 4.78 is 0. The first-order valence-corrected chi connectivity index (χ1v) is 4.67. The summed E-state index contributed by atoms with van der Waals surface area (Å²) in [6.45, 7) is 0. The molecule has 0 amide bonds. The van der Waals surface area contributed by atoms with E-state index in [0.29, 0.717) is 0 Å². The van der Waals surface area contributed by atoms with E-state index in [1.54, 1.807) is 5.57 Å². The summed E-state index contributed by atoms with van der Waals surface area (Å²) >= 11 is 5.86. The quantitative estimate of drug-likeness (QED) is 0.612. The van der Waals surface area contributed by atoms with Crippen LogP contribution in [0.2, 0.25) is 5.02 Å². The minimum absolute atomic E-state index is 0.823. The molecule has 62 valence electrons. The zero-order valence-corrected chi connectivity index (χ0v) is 7.64. The molecule has 0 aliphatic heterocycles. The van der Waals surface area contributed by atoms with Crippen molar-refractivity contribution in [2.24, 2.45) is 0 Å². The summed E-state index contributed by atoms with van der Waals surface area (Å²) in [5.74, 6) is 0. The van der Waals surface area contributed by atoms with Crippen molar-refractivity contribution in [1.82, 2.24) is 0 Å². The van der Waals surface area contributed by atoms with Crippen LogP contribution >= 0.6 is 11.6 Å². The minimum Gasteiger partial charge on any atom is -0.0843 e. The Labute approximate surface area is 77.9 Å².